The molecule has 0 aliphatic rings. The predicted molar refractivity (Wildman–Crippen MR) is 42.2 cm³/mol. The SMILES string of the molecule is CCCC(O)(CC)P(=O)(O)O. The summed E-state index contributed by atoms with van der Waals surface area (Å²) in [5, 5.41) is 7.59. The van der Waals surface area contributed by atoms with Crippen molar-refractivity contribution >= 4 is 7.60 Å². The Morgan fingerprint density at radius 3 is 1.91 bits per heavy atom. The number of hydrogen-bond acceptors (Lipinski definition) is 2. The average molecular weight is 182 g/mol. The van der Waals surface area contributed by atoms with Crippen LogP contribution < -0.4 is 0 Å². The van der Waals surface area contributed by atoms with Gasteiger partial charge < -0.3 is 14.9 Å². The molecule has 5 heteroatoms. The van der Waals surface area contributed by atoms with Crippen LogP contribution in [0.2, 0.25) is 0 Å². The minimum atomic E-state index is -4.35. The van der Waals surface area contributed by atoms with Gasteiger partial charge in [-0.2, -0.15) is 0 Å². The van der Waals surface area contributed by atoms with Gasteiger partial charge >= 0.3 is 7.60 Å². The van der Waals surface area contributed by atoms with Crippen LogP contribution in [0.3, 0.4) is 0 Å². The van der Waals surface area contributed by atoms with Crippen molar-refractivity contribution in [2.45, 2.75) is 38.5 Å². The normalized spacial score (nSPS) is 17.9. The van der Waals surface area contributed by atoms with E-state index in [9.17, 15) is 9.67 Å². The first-order valence-corrected chi connectivity index (χ1v) is 5.26. The molecule has 0 radical (unpaired) electrons. The first-order valence-electron chi connectivity index (χ1n) is 3.65. The van der Waals surface area contributed by atoms with Gasteiger partial charge in [-0.25, -0.2) is 0 Å². The Kier molecular flexibility index (Phi) is 3.71. The zero-order chi connectivity index (χ0) is 9.12. The third-order valence-electron chi connectivity index (χ3n) is 1.76. The van der Waals surface area contributed by atoms with Crippen LogP contribution in [0.4, 0.5) is 0 Å². The molecule has 0 fully saturated rings. The van der Waals surface area contributed by atoms with Crippen molar-refractivity contribution < 1.29 is 19.5 Å². The van der Waals surface area contributed by atoms with Crippen LogP contribution in [0.5, 0.6) is 0 Å². The Morgan fingerprint density at radius 2 is 1.82 bits per heavy atom. The summed E-state index contributed by atoms with van der Waals surface area (Å²) in [6.45, 7) is 3.34. The molecule has 0 spiro atoms. The van der Waals surface area contributed by atoms with Crippen molar-refractivity contribution in [2.24, 2.45) is 0 Å². The molecule has 0 aromatic carbocycles. The van der Waals surface area contributed by atoms with Gasteiger partial charge in [0.05, 0.1) is 0 Å². The second kappa shape index (κ2) is 3.68. The van der Waals surface area contributed by atoms with Crippen LogP contribution in [0, 0.1) is 0 Å². The summed E-state index contributed by atoms with van der Waals surface area (Å²) in [5.41, 5.74) is 0. The van der Waals surface area contributed by atoms with Crippen molar-refractivity contribution in [1.29, 1.82) is 0 Å². The van der Waals surface area contributed by atoms with Gasteiger partial charge in [-0.1, -0.05) is 20.3 Å². The third kappa shape index (κ3) is 2.56. The Labute approximate surface area is 66.4 Å². The molecule has 0 aromatic heterocycles. The first-order chi connectivity index (χ1) is 4.87. The minimum Gasteiger partial charge on any atom is -0.377 e. The van der Waals surface area contributed by atoms with E-state index in [2.05, 4.69) is 0 Å². The van der Waals surface area contributed by atoms with Crippen LogP contribution >= 0.6 is 7.60 Å². The topological polar surface area (TPSA) is 77.8 Å². The van der Waals surface area contributed by atoms with Gasteiger partial charge in [0.2, 0.25) is 0 Å². The maximum Gasteiger partial charge on any atom is 0.356 e. The molecular formula is C6H15O4P. The lowest BCUT2D eigenvalue weighted by atomic mass is 10.1. The van der Waals surface area contributed by atoms with Gasteiger partial charge in [0.25, 0.3) is 0 Å². The fourth-order valence-electron chi connectivity index (χ4n) is 0.929. The summed E-state index contributed by atoms with van der Waals surface area (Å²) >= 11 is 0. The van der Waals surface area contributed by atoms with Crippen LogP contribution in [-0.4, -0.2) is 20.2 Å². The average Bonchev–Trinajstić information content (AvgIpc) is 1.86. The van der Waals surface area contributed by atoms with Gasteiger partial charge in [0.15, 0.2) is 5.34 Å². The van der Waals surface area contributed by atoms with Crippen molar-refractivity contribution in [3.05, 3.63) is 0 Å². The maximum atomic E-state index is 10.7. The molecule has 3 N–H and O–H groups in total. The van der Waals surface area contributed by atoms with E-state index < -0.39 is 12.9 Å². The predicted octanol–water partition coefficient (Wildman–Crippen LogP) is 1.06. The molecule has 0 aliphatic heterocycles. The van der Waals surface area contributed by atoms with E-state index in [0.29, 0.717) is 6.42 Å². The Hall–Kier alpha value is 0.110. The summed E-state index contributed by atoms with van der Waals surface area (Å²) in [7, 11) is -4.35. The van der Waals surface area contributed by atoms with Crippen LogP contribution in [0.25, 0.3) is 0 Å². The van der Waals surface area contributed by atoms with E-state index in [-0.39, 0.29) is 12.8 Å². The zero-order valence-electron chi connectivity index (χ0n) is 6.82. The number of aliphatic hydroxyl groups is 1. The molecule has 0 heterocycles. The van der Waals surface area contributed by atoms with Crippen LogP contribution in [0.15, 0.2) is 0 Å². The van der Waals surface area contributed by atoms with E-state index in [4.69, 9.17) is 9.79 Å². The van der Waals surface area contributed by atoms with Crippen molar-refractivity contribution in [2.75, 3.05) is 0 Å². The fourth-order valence-corrected chi connectivity index (χ4v) is 1.86. The van der Waals surface area contributed by atoms with E-state index in [1.807, 2.05) is 0 Å². The molecule has 0 saturated carbocycles. The van der Waals surface area contributed by atoms with Crippen LogP contribution in [-0.2, 0) is 4.57 Å². The van der Waals surface area contributed by atoms with E-state index in [0.717, 1.165) is 0 Å². The molecule has 11 heavy (non-hydrogen) atoms. The molecule has 0 rings (SSSR count). The highest BCUT2D eigenvalue weighted by molar-refractivity contribution is 7.53. The monoisotopic (exact) mass is 182 g/mol. The maximum absolute atomic E-state index is 10.7. The first kappa shape index (κ1) is 11.1. The highest BCUT2D eigenvalue weighted by atomic mass is 31.2. The smallest absolute Gasteiger partial charge is 0.356 e. The lowest BCUT2D eigenvalue weighted by Crippen LogP contribution is -2.27. The second-order valence-corrected chi connectivity index (χ2v) is 4.55. The lowest BCUT2D eigenvalue weighted by molar-refractivity contribution is 0.0779. The van der Waals surface area contributed by atoms with Crippen molar-refractivity contribution in [3.8, 4) is 0 Å². The molecule has 1 unspecified atom stereocenters. The van der Waals surface area contributed by atoms with Gasteiger partial charge in [-0.3, -0.25) is 4.57 Å². The lowest BCUT2D eigenvalue weighted by Gasteiger charge is -2.26. The fraction of sp³-hybridized carbons (Fsp3) is 1.00. The van der Waals surface area contributed by atoms with E-state index >= 15 is 0 Å². The molecule has 1 atom stereocenters. The van der Waals surface area contributed by atoms with Crippen LogP contribution in [0.1, 0.15) is 33.1 Å². The standard InChI is InChI=1S/C6H15O4P/c1-3-5-6(7,4-2)11(8,9)10/h7H,3-5H2,1-2H3,(H2,8,9,10). The molecule has 0 amide bonds. The Bertz CT molecular complexity index is 164. The largest absolute Gasteiger partial charge is 0.377 e. The third-order valence-corrected chi connectivity index (χ3v) is 3.38. The van der Waals surface area contributed by atoms with Crippen molar-refractivity contribution in [1.82, 2.24) is 0 Å². The summed E-state index contributed by atoms with van der Waals surface area (Å²) in [6, 6.07) is 0. The van der Waals surface area contributed by atoms with Gasteiger partial charge in [0, 0.05) is 0 Å². The zero-order valence-corrected chi connectivity index (χ0v) is 7.71. The second-order valence-electron chi connectivity index (χ2n) is 2.63. The number of rotatable bonds is 4. The molecular weight excluding hydrogens is 167 g/mol. The minimum absolute atomic E-state index is 0.0884. The van der Waals surface area contributed by atoms with Crippen molar-refractivity contribution in [3.63, 3.8) is 0 Å². The quantitative estimate of drug-likeness (QED) is 0.568. The summed E-state index contributed by atoms with van der Waals surface area (Å²) in [4.78, 5) is 17.5. The molecule has 0 aliphatic carbocycles. The Balaban J connectivity index is 4.47. The molecule has 0 aromatic rings. The van der Waals surface area contributed by atoms with E-state index in [1.54, 1.807) is 13.8 Å². The summed E-state index contributed by atoms with van der Waals surface area (Å²) < 4.78 is 10.7. The highest BCUT2D eigenvalue weighted by Gasteiger charge is 2.42. The summed E-state index contributed by atoms with van der Waals surface area (Å²) in [6.07, 6.45) is 0.800. The molecule has 0 saturated heterocycles. The molecule has 4 nitrogen and oxygen atoms in total. The van der Waals surface area contributed by atoms with E-state index in [1.165, 1.54) is 0 Å². The molecule has 0 bridgehead atoms. The number of hydrogen-bond donors (Lipinski definition) is 3. The molecule has 68 valence electrons. The van der Waals surface area contributed by atoms with Gasteiger partial charge in [0.1, 0.15) is 0 Å². The Morgan fingerprint density at radius 1 is 1.36 bits per heavy atom. The summed E-state index contributed by atoms with van der Waals surface area (Å²) in [5.74, 6) is 0. The van der Waals surface area contributed by atoms with Gasteiger partial charge in [-0.15, -0.1) is 0 Å². The highest BCUT2D eigenvalue weighted by Crippen LogP contribution is 2.52. The van der Waals surface area contributed by atoms with Gasteiger partial charge in [-0.05, 0) is 12.8 Å².